The van der Waals surface area contributed by atoms with Crippen LogP contribution in [0.25, 0.3) is 6.08 Å². The van der Waals surface area contributed by atoms with Crippen molar-refractivity contribution in [2.45, 2.75) is 10.1 Å². The molecule has 0 saturated carbocycles. The summed E-state index contributed by atoms with van der Waals surface area (Å²) in [4.78, 5) is 51.4. The highest BCUT2D eigenvalue weighted by Crippen LogP contribution is 2.37. The van der Waals surface area contributed by atoms with Crippen molar-refractivity contribution in [1.82, 2.24) is 5.32 Å². The molecule has 1 atom stereocenters. The third-order valence-corrected chi connectivity index (χ3v) is 8.07. The Morgan fingerprint density at radius 3 is 2.04 bits per heavy atom. The number of nitro groups is 1. The second-order valence-corrected chi connectivity index (χ2v) is 11.2. The minimum absolute atomic E-state index is 0.0705. The van der Waals surface area contributed by atoms with E-state index in [-0.39, 0.29) is 22.6 Å². The van der Waals surface area contributed by atoms with E-state index in [2.05, 4.69) is 16.0 Å². The normalized spacial score (nSPS) is 11.6. The number of hydrogen-bond acceptors (Lipinski definition) is 6. The molecule has 3 amide bonds. The molecule has 0 aliphatic carbocycles. The Bertz CT molecular complexity index is 1940. The van der Waals surface area contributed by atoms with Crippen LogP contribution in [0.5, 0.6) is 0 Å². The summed E-state index contributed by atoms with van der Waals surface area (Å²) in [6.07, 6.45) is 1.25. The van der Waals surface area contributed by atoms with E-state index in [1.807, 2.05) is 30.3 Å². The SMILES string of the molecule is O=C(Nc1ccc(SC(C(=O)Nc2ccccc2F)c2ccccc2)cc1)/C(=C/c1ccccc1[N+](=O)[O-])NC(=O)c1ccccc1. The van der Waals surface area contributed by atoms with Gasteiger partial charge in [0.1, 0.15) is 16.8 Å². The summed E-state index contributed by atoms with van der Waals surface area (Å²) in [7, 11) is 0. The highest BCUT2D eigenvalue weighted by Gasteiger charge is 2.23. The number of thioether (sulfide) groups is 1. The number of amides is 3. The lowest BCUT2D eigenvalue weighted by Crippen LogP contribution is -2.30. The van der Waals surface area contributed by atoms with Crippen molar-refractivity contribution in [2.75, 3.05) is 10.6 Å². The van der Waals surface area contributed by atoms with E-state index < -0.39 is 33.7 Å². The molecule has 5 aromatic carbocycles. The molecule has 0 heterocycles. The Kier molecular flexibility index (Phi) is 10.5. The van der Waals surface area contributed by atoms with Gasteiger partial charge in [0.25, 0.3) is 17.5 Å². The molecule has 0 spiro atoms. The molecule has 1 unspecified atom stereocenters. The van der Waals surface area contributed by atoms with Gasteiger partial charge in [0.05, 0.1) is 16.2 Å². The second kappa shape index (κ2) is 15.3. The van der Waals surface area contributed by atoms with Crippen molar-refractivity contribution in [3.63, 3.8) is 0 Å². The van der Waals surface area contributed by atoms with Crippen LogP contribution in [0.4, 0.5) is 21.5 Å². The number of halogens is 1. The fraction of sp³-hybridized carbons (Fsp3) is 0.0278. The molecule has 9 nitrogen and oxygen atoms in total. The first-order valence-corrected chi connectivity index (χ1v) is 15.2. The monoisotopic (exact) mass is 646 g/mol. The van der Waals surface area contributed by atoms with Gasteiger partial charge in [-0.25, -0.2) is 4.39 Å². The van der Waals surface area contributed by atoms with Crippen molar-refractivity contribution >= 4 is 52.6 Å². The first kappa shape index (κ1) is 32.3. The van der Waals surface area contributed by atoms with Gasteiger partial charge < -0.3 is 16.0 Å². The van der Waals surface area contributed by atoms with Gasteiger partial charge in [-0.1, -0.05) is 72.8 Å². The smallest absolute Gasteiger partial charge is 0.276 e. The molecule has 0 fully saturated rings. The van der Waals surface area contributed by atoms with Crippen molar-refractivity contribution in [3.8, 4) is 0 Å². The molecule has 47 heavy (non-hydrogen) atoms. The predicted octanol–water partition coefficient (Wildman–Crippen LogP) is 7.62. The number of hydrogen-bond donors (Lipinski definition) is 3. The zero-order valence-corrected chi connectivity index (χ0v) is 25.4. The van der Waals surface area contributed by atoms with E-state index in [0.29, 0.717) is 21.7 Å². The van der Waals surface area contributed by atoms with Crippen LogP contribution in [0.15, 0.2) is 144 Å². The lowest BCUT2D eigenvalue weighted by molar-refractivity contribution is -0.385. The molecular weight excluding hydrogens is 619 g/mol. The first-order valence-electron chi connectivity index (χ1n) is 14.3. The average Bonchev–Trinajstić information content (AvgIpc) is 3.09. The third-order valence-electron chi connectivity index (χ3n) is 6.80. The quantitative estimate of drug-likeness (QED) is 0.0586. The van der Waals surface area contributed by atoms with Crippen LogP contribution in [-0.2, 0) is 9.59 Å². The van der Waals surface area contributed by atoms with Crippen LogP contribution in [0.1, 0.15) is 26.7 Å². The maximum Gasteiger partial charge on any atom is 0.276 e. The fourth-order valence-corrected chi connectivity index (χ4v) is 5.51. The van der Waals surface area contributed by atoms with Crippen LogP contribution in [0, 0.1) is 15.9 Å². The number of carbonyl (C=O) groups is 3. The first-order chi connectivity index (χ1) is 22.8. The van der Waals surface area contributed by atoms with Gasteiger partial charge in [0.2, 0.25) is 5.91 Å². The third kappa shape index (κ3) is 8.56. The van der Waals surface area contributed by atoms with Crippen molar-refractivity contribution in [2.24, 2.45) is 0 Å². The standard InChI is InChI=1S/C36H27FN4O5S/c37-29-16-8-9-17-30(29)39-36(44)33(24-11-3-1-4-12-24)47-28-21-19-27(20-22-28)38-35(43)31(40-34(42)25-13-5-2-6-14-25)23-26-15-7-10-18-32(26)41(45)46/h1-23,33H,(H,38,43)(H,39,44)(H,40,42)/b31-23-. The van der Waals surface area contributed by atoms with E-state index in [4.69, 9.17) is 0 Å². The molecule has 11 heteroatoms. The number of carbonyl (C=O) groups excluding carboxylic acids is 3. The Morgan fingerprint density at radius 2 is 1.36 bits per heavy atom. The number of para-hydroxylation sites is 2. The summed E-state index contributed by atoms with van der Waals surface area (Å²) in [5.41, 5.74) is 1.13. The number of nitrogens with zero attached hydrogens (tertiary/aromatic N) is 1. The van der Waals surface area contributed by atoms with E-state index in [0.717, 1.165) is 0 Å². The Labute approximate surface area is 273 Å². The molecule has 3 N–H and O–H groups in total. The number of benzene rings is 5. The van der Waals surface area contributed by atoms with E-state index in [1.54, 1.807) is 66.7 Å². The Hall–Kier alpha value is -6.07. The Balaban J connectivity index is 1.36. The molecule has 0 saturated heterocycles. The summed E-state index contributed by atoms with van der Waals surface area (Å²) >= 11 is 1.24. The molecular formula is C36H27FN4O5S. The van der Waals surface area contributed by atoms with Gasteiger partial charge >= 0.3 is 0 Å². The van der Waals surface area contributed by atoms with Crippen LogP contribution in [0.2, 0.25) is 0 Å². The highest BCUT2D eigenvalue weighted by molar-refractivity contribution is 8.00. The average molecular weight is 647 g/mol. The molecule has 234 valence electrons. The molecule has 0 bridgehead atoms. The van der Waals surface area contributed by atoms with Crippen LogP contribution >= 0.6 is 11.8 Å². The predicted molar refractivity (Wildman–Crippen MR) is 180 cm³/mol. The highest BCUT2D eigenvalue weighted by atomic mass is 32.2. The number of rotatable bonds is 11. The zero-order valence-electron chi connectivity index (χ0n) is 24.6. The fourth-order valence-electron chi connectivity index (χ4n) is 4.49. The van der Waals surface area contributed by atoms with Gasteiger partial charge in [0, 0.05) is 22.2 Å². The molecule has 0 aromatic heterocycles. The van der Waals surface area contributed by atoms with Gasteiger partial charge in [-0.15, -0.1) is 11.8 Å². The topological polar surface area (TPSA) is 130 Å². The van der Waals surface area contributed by atoms with Crippen molar-refractivity contribution in [3.05, 3.63) is 172 Å². The van der Waals surface area contributed by atoms with Gasteiger partial charge in [-0.2, -0.15) is 0 Å². The van der Waals surface area contributed by atoms with Gasteiger partial charge in [0.15, 0.2) is 0 Å². The molecule has 0 radical (unpaired) electrons. The molecule has 5 rings (SSSR count). The minimum Gasteiger partial charge on any atom is -0.322 e. The van der Waals surface area contributed by atoms with Crippen LogP contribution < -0.4 is 16.0 Å². The second-order valence-electron chi connectivity index (χ2n) is 10.1. The van der Waals surface area contributed by atoms with Crippen LogP contribution in [-0.4, -0.2) is 22.6 Å². The number of nitro benzene ring substituents is 1. The number of anilines is 2. The Morgan fingerprint density at radius 1 is 0.745 bits per heavy atom. The van der Waals surface area contributed by atoms with E-state index >= 15 is 0 Å². The summed E-state index contributed by atoms with van der Waals surface area (Å²) < 4.78 is 14.3. The largest absolute Gasteiger partial charge is 0.322 e. The lowest BCUT2D eigenvalue weighted by atomic mass is 10.1. The minimum atomic E-state index is -0.722. The maximum absolute atomic E-state index is 14.3. The lowest BCUT2D eigenvalue weighted by Gasteiger charge is -2.18. The summed E-state index contributed by atoms with van der Waals surface area (Å²) in [5.74, 6) is -2.24. The van der Waals surface area contributed by atoms with Gasteiger partial charge in [-0.05, 0) is 66.2 Å². The summed E-state index contributed by atoms with van der Waals surface area (Å²) in [6.45, 7) is 0. The molecule has 5 aromatic rings. The van der Waals surface area contributed by atoms with E-state index in [9.17, 15) is 28.9 Å². The van der Waals surface area contributed by atoms with Crippen molar-refractivity contribution in [1.29, 1.82) is 0 Å². The number of nitrogens with one attached hydrogen (secondary N) is 3. The van der Waals surface area contributed by atoms with Gasteiger partial charge in [-0.3, -0.25) is 24.5 Å². The molecule has 0 aliphatic heterocycles. The van der Waals surface area contributed by atoms with Crippen molar-refractivity contribution < 1.29 is 23.7 Å². The maximum atomic E-state index is 14.3. The van der Waals surface area contributed by atoms with Crippen LogP contribution in [0.3, 0.4) is 0 Å². The summed E-state index contributed by atoms with van der Waals surface area (Å²) in [6, 6.07) is 35.7. The van der Waals surface area contributed by atoms with E-state index in [1.165, 1.54) is 54.2 Å². The zero-order chi connectivity index (χ0) is 33.2. The summed E-state index contributed by atoms with van der Waals surface area (Å²) in [5, 5.41) is 18.8. The molecule has 0 aliphatic rings.